The van der Waals surface area contributed by atoms with Crippen LogP contribution in [0.25, 0.3) is 33.6 Å². The summed E-state index contributed by atoms with van der Waals surface area (Å²) in [5.74, 6) is 1.39. The van der Waals surface area contributed by atoms with Crippen molar-refractivity contribution in [2.24, 2.45) is 0 Å². The van der Waals surface area contributed by atoms with E-state index in [1.807, 2.05) is 60.8 Å². The van der Waals surface area contributed by atoms with E-state index in [1.54, 1.807) is 35.4 Å². The first-order chi connectivity index (χ1) is 29.4. The van der Waals surface area contributed by atoms with Crippen LogP contribution in [-0.2, 0) is 11.3 Å². The second-order valence-electron chi connectivity index (χ2n) is 15.5. The summed E-state index contributed by atoms with van der Waals surface area (Å²) in [5.41, 5.74) is 9.13. The fourth-order valence-electron chi connectivity index (χ4n) is 8.65. The van der Waals surface area contributed by atoms with E-state index in [0.717, 1.165) is 83.8 Å². The summed E-state index contributed by atoms with van der Waals surface area (Å²) < 4.78 is 0. The third-order valence-electron chi connectivity index (χ3n) is 11.7. The lowest BCUT2D eigenvalue weighted by Crippen LogP contribution is -2.42. The fraction of sp³-hybridized carbons (Fsp3) is 0.204. The van der Waals surface area contributed by atoms with Gasteiger partial charge in [-0.3, -0.25) is 14.5 Å². The van der Waals surface area contributed by atoms with Crippen molar-refractivity contribution in [1.29, 1.82) is 0 Å². The molecule has 4 heterocycles. The SMILES string of the molecule is O=C(O)N[C@@H](C(=O)N1CCC[C@H]1c1ncc(-c2ccc(-c3ccc(-c4cnc([C@@H]5CCCN5Cc5cccc(C(=O)c6ccccc6)c5)[nH]4)cc3)cc2)[nH]1)c1ccccc1. The monoisotopic (exact) mass is 795 g/mol. The van der Waals surface area contributed by atoms with Gasteiger partial charge in [0.2, 0.25) is 0 Å². The summed E-state index contributed by atoms with van der Waals surface area (Å²) in [5, 5.41) is 11.9. The zero-order chi connectivity index (χ0) is 41.0. The molecule has 2 saturated heterocycles. The smallest absolute Gasteiger partial charge is 0.405 e. The average Bonchev–Trinajstić information content (AvgIpc) is 4.14. The third-order valence-corrected chi connectivity index (χ3v) is 11.7. The minimum atomic E-state index is -1.25. The number of carbonyl (C=O) groups excluding carboxylic acids is 2. The van der Waals surface area contributed by atoms with Gasteiger partial charge in [-0.25, -0.2) is 14.8 Å². The molecule has 0 unspecified atom stereocenters. The highest BCUT2D eigenvalue weighted by molar-refractivity contribution is 6.09. The summed E-state index contributed by atoms with van der Waals surface area (Å²) in [7, 11) is 0. The average molecular weight is 796 g/mol. The molecule has 11 nitrogen and oxygen atoms in total. The van der Waals surface area contributed by atoms with E-state index < -0.39 is 12.1 Å². The van der Waals surface area contributed by atoms with Crippen LogP contribution in [0.3, 0.4) is 0 Å². The van der Waals surface area contributed by atoms with Crippen molar-refractivity contribution in [3.05, 3.63) is 180 Å². The minimum absolute atomic E-state index is 0.0366. The number of carbonyl (C=O) groups is 3. The number of benzene rings is 5. The highest BCUT2D eigenvalue weighted by Crippen LogP contribution is 2.36. The second-order valence-corrected chi connectivity index (χ2v) is 15.5. The Hall–Kier alpha value is -7.11. The lowest BCUT2D eigenvalue weighted by Gasteiger charge is -2.28. The number of carboxylic acid groups (broad SMARTS) is 1. The van der Waals surface area contributed by atoms with E-state index in [9.17, 15) is 19.5 Å². The van der Waals surface area contributed by atoms with Crippen LogP contribution < -0.4 is 5.32 Å². The molecule has 0 aliphatic carbocycles. The molecule has 2 aliphatic heterocycles. The number of nitrogens with zero attached hydrogens (tertiary/aromatic N) is 4. The maximum atomic E-state index is 13.7. The van der Waals surface area contributed by atoms with E-state index in [4.69, 9.17) is 4.98 Å². The number of H-pyrrole nitrogens is 2. The van der Waals surface area contributed by atoms with Crippen LogP contribution in [0.1, 0.15) is 82.5 Å². The molecule has 7 aromatic rings. The van der Waals surface area contributed by atoms with Crippen molar-refractivity contribution in [3.63, 3.8) is 0 Å². The Bertz CT molecular complexity index is 2600. The zero-order valence-electron chi connectivity index (χ0n) is 33.0. The maximum Gasteiger partial charge on any atom is 0.405 e. The zero-order valence-corrected chi connectivity index (χ0v) is 33.0. The Morgan fingerprint density at radius 3 is 1.83 bits per heavy atom. The second kappa shape index (κ2) is 17.0. The van der Waals surface area contributed by atoms with E-state index in [-0.39, 0.29) is 23.8 Å². The molecule has 60 heavy (non-hydrogen) atoms. The number of aromatic amines is 2. The molecule has 2 fully saturated rings. The molecule has 2 aliphatic rings. The summed E-state index contributed by atoms with van der Waals surface area (Å²) in [6.45, 7) is 2.24. The van der Waals surface area contributed by atoms with Gasteiger partial charge in [0.15, 0.2) is 5.78 Å². The number of nitrogens with one attached hydrogen (secondary N) is 3. The van der Waals surface area contributed by atoms with E-state index in [1.165, 1.54) is 0 Å². The van der Waals surface area contributed by atoms with Crippen LogP contribution in [-0.4, -0.2) is 65.7 Å². The van der Waals surface area contributed by atoms with E-state index in [0.29, 0.717) is 29.1 Å². The number of likely N-dealkylation sites (tertiary alicyclic amines) is 2. The lowest BCUT2D eigenvalue weighted by molar-refractivity contribution is -0.134. The highest BCUT2D eigenvalue weighted by Gasteiger charge is 2.37. The van der Waals surface area contributed by atoms with Crippen molar-refractivity contribution >= 4 is 17.8 Å². The summed E-state index contributed by atoms with van der Waals surface area (Å²) >= 11 is 0. The van der Waals surface area contributed by atoms with Gasteiger partial charge in [-0.15, -0.1) is 0 Å². The predicted molar refractivity (Wildman–Crippen MR) is 230 cm³/mol. The van der Waals surface area contributed by atoms with Gasteiger partial charge in [0.05, 0.1) is 35.9 Å². The quantitative estimate of drug-likeness (QED) is 0.0902. The van der Waals surface area contributed by atoms with Gasteiger partial charge >= 0.3 is 6.09 Å². The van der Waals surface area contributed by atoms with E-state index >= 15 is 0 Å². The first kappa shape index (κ1) is 38.4. The molecule has 9 rings (SSSR count). The van der Waals surface area contributed by atoms with E-state index in [2.05, 4.69) is 79.8 Å². The molecule has 0 radical (unpaired) electrons. The van der Waals surface area contributed by atoms with Gasteiger partial charge in [-0.05, 0) is 71.7 Å². The first-order valence-corrected chi connectivity index (χ1v) is 20.5. The van der Waals surface area contributed by atoms with Crippen LogP contribution in [0.2, 0.25) is 0 Å². The summed E-state index contributed by atoms with van der Waals surface area (Å²) in [6, 6.07) is 42.0. The van der Waals surface area contributed by atoms with Gasteiger partial charge in [-0.1, -0.05) is 127 Å². The molecule has 0 saturated carbocycles. The summed E-state index contributed by atoms with van der Waals surface area (Å²) in [6.07, 6.45) is 6.10. The molecule has 2 aromatic heterocycles. The Morgan fingerprint density at radius 1 is 0.650 bits per heavy atom. The predicted octanol–water partition coefficient (Wildman–Crippen LogP) is 9.37. The van der Waals surface area contributed by atoms with Gasteiger partial charge in [-0.2, -0.15) is 0 Å². The van der Waals surface area contributed by atoms with Gasteiger partial charge < -0.3 is 25.3 Å². The van der Waals surface area contributed by atoms with Gasteiger partial charge in [0, 0.05) is 24.2 Å². The molecule has 4 N–H and O–H groups in total. The van der Waals surface area contributed by atoms with Crippen LogP contribution >= 0.6 is 0 Å². The minimum Gasteiger partial charge on any atom is -0.465 e. The molecule has 0 bridgehead atoms. The van der Waals surface area contributed by atoms with Crippen LogP contribution in [0.5, 0.6) is 0 Å². The maximum absolute atomic E-state index is 13.7. The van der Waals surface area contributed by atoms with Crippen molar-refractivity contribution in [1.82, 2.24) is 35.1 Å². The van der Waals surface area contributed by atoms with Crippen molar-refractivity contribution in [2.45, 2.75) is 50.4 Å². The number of hydrogen-bond acceptors (Lipinski definition) is 6. The Kier molecular flexibility index (Phi) is 10.9. The summed E-state index contributed by atoms with van der Waals surface area (Å²) in [4.78, 5) is 59.2. The third kappa shape index (κ3) is 8.12. The highest BCUT2D eigenvalue weighted by atomic mass is 16.4. The van der Waals surface area contributed by atoms with Crippen molar-refractivity contribution in [2.75, 3.05) is 13.1 Å². The Balaban J connectivity index is 0.840. The number of imidazole rings is 2. The Labute approximate surface area is 348 Å². The number of aromatic nitrogens is 4. The molecule has 300 valence electrons. The van der Waals surface area contributed by atoms with Crippen LogP contribution in [0.15, 0.2) is 146 Å². The molecular weight excluding hydrogens is 751 g/mol. The normalized spacial score (nSPS) is 17.1. The molecule has 3 atom stereocenters. The number of hydrogen-bond donors (Lipinski definition) is 4. The van der Waals surface area contributed by atoms with Crippen molar-refractivity contribution in [3.8, 4) is 33.6 Å². The van der Waals surface area contributed by atoms with Crippen LogP contribution in [0.4, 0.5) is 4.79 Å². The lowest BCUT2D eigenvalue weighted by atomic mass is 10.0. The molecule has 5 aromatic carbocycles. The molecule has 0 spiro atoms. The number of amides is 2. The van der Waals surface area contributed by atoms with Gasteiger partial charge in [0.1, 0.15) is 17.7 Å². The largest absolute Gasteiger partial charge is 0.465 e. The molecule has 2 amide bonds. The van der Waals surface area contributed by atoms with Crippen LogP contribution in [0, 0.1) is 0 Å². The molecular formula is C49H45N7O4. The molecule has 11 heteroatoms. The number of rotatable bonds is 12. The number of ketones is 1. The first-order valence-electron chi connectivity index (χ1n) is 20.5. The Morgan fingerprint density at radius 2 is 1.20 bits per heavy atom. The van der Waals surface area contributed by atoms with Gasteiger partial charge in [0.25, 0.3) is 5.91 Å². The van der Waals surface area contributed by atoms with Crippen molar-refractivity contribution < 1.29 is 19.5 Å². The standard InChI is InChI=1S/C49H45N7O4/c57-45(38-13-5-2-6-14-38)39-15-7-10-32(28-39)31-55-26-8-16-42(55)46-50-29-40(52-46)35-22-18-33(19-23-35)34-20-24-36(25-21-34)41-30-51-47(53-41)43-17-9-27-56(43)48(58)44(54-49(59)60)37-11-3-1-4-12-37/h1-7,10-15,18-25,28-30,42-44,54H,8-9,16-17,26-27,31H2,(H,50,52)(H,51,53)(H,59,60)/t42-,43-,44+/m0/s1. The topological polar surface area (TPSA) is 147 Å². The fourth-order valence-corrected chi connectivity index (χ4v) is 8.65.